The zero-order valence-electron chi connectivity index (χ0n) is 14.0. The molecule has 2 amide bonds. The van der Waals surface area contributed by atoms with Gasteiger partial charge in [-0.3, -0.25) is 14.4 Å². The number of para-hydroxylation sites is 1. The molecule has 3 rings (SSSR count). The molecular weight excluding hydrogens is 336 g/mol. The van der Waals surface area contributed by atoms with E-state index in [0.717, 1.165) is 4.88 Å². The molecule has 0 atom stereocenters. The molecule has 1 aliphatic rings. The third-order valence-corrected chi connectivity index (χ3v) is 5.31. The fourth-order valence-electron chi connectivity index (χ4n) is 3.03. The van der Waals surface area contributed by atoms with Crippen molar-refractivity contribution in [3.05, 3.63) is 52.2 Å². The number of carbonyl (C=O) groups is 3. The van der Waals surface area contributed by atoms with Crippen LogP contribution in [0.5, 0.6) is 0 Å². The highest BCUT2D eigenvalue weighted by Crippen LogP contribution is 2.23. The average Bonchev–Trinajstić information content (AvgIpc) is 3.16. The van der Waals surface area contributed by atoms with Crippen molar-refractivity contribution in [1.29, 1.82) is 0 Å². The monoisotopic (exact) mass is 356 g/mol. The van der Waals surface area contributed by atoms with E-state index >= 15 is 0 Å². The number of rotatable bonds is 4. The summed E-state index contributed by atoms with van der Waals surface area (Å²) >= 11 is 1.44. The smallest absolute Gasteiger partial charge is 0.263 e. The molecule has 0 radical (unpaired) electrons. The van der Waals surface area contributed by atoms with Crippen LogP contribution in [0.2, 0.25) is 0 Å². The summed E-state index contributed by atoms with van der Waals surface area (Å²) in [7, 11) is 0. The Hall–Kier alpha value is -2.47. The summed E-state index contributed by atoms with van der Waals surface area (Å²) in [5.74, 6) is -0.271. The zero-order valence-corrected chi connectivity index (χ0v) is 14.8. The van der Waals surface area contributed by atoms with Gasteiger partial charge < -0.3 is 10.2 Å². The highest BCUT2D eigenvalue weighted by atomic mass is 32.1. The fraction of sp³-hybridized carbons (Fsp3) is 0.316. The summed E-state index contributed by atoms with van der Waals surface area (Å²) in [4.78, 5) is 39.1. The quantitative estimate of drug-likeness (QED) is 0.854. The Morgan fingerprint density at radius 1 is 1.08 bits per heavy atom. The maximum absolute atomic E-state index is 12.5. The van der Waals surface area contributed by atoms with E-state index in [0.29, 0.717) is 37.2 Å². The van der Waals surface area contributed by atoms with Gasteiger partial charge in [0.25, 0.3) is 5.91 Å². The molecule has 0 spiro atoms. The number of Topliss-reactive ketones (excluding diaryl/α,β-unsaturated/α-hetero) is 1. The second-order valence-electron chi connectivity index (χ2n) is 6.13. The Kier molecular flexibility index (Phi) is 5.28. The van der Waals surface area contributed by atoms with Gasteiger partial charge >= 0.3 is 0 Å². The van der Waals surface area contributed by atoms with Crippen LogP contribution in [0.4, 0.5) is 5.69 Å². The van der Waals surface area contributed by atoms with Crippen LogP contribution in [-0.2, 0) is 4.79 Å². The van der Waals surface area contributed by atoms with Gasteiger partial charge in [0, 0.05) is 24.6 Å². The van der Waals surface area contributed by atoms with E-state index in [2.05, 4.69) is 5.32 Å². The lowest BCUT2D eigenvalue weighted by Crippen LogP contribution is -2.41. The van der Waals surface area contributed by atoms with Crippen molar-refractivity contribution in [2.75, 3.05) is 18.4 Å². The molecule has 1 saturated heterocycles. The van der Waals surface area contributed by atoms with E-state index in [4.69, 9.17) is 0 Å². The molecule has 0 bridgehead atoms. The minimum Gasteiger partial charge on any atom is -0.338 e. The van der Waals surface area contributed by atoms with Crippen LogP contribution in [-0.4, -0.2) is 35.6 Å². The number of carbonyl (C=O) groups excluding carboxylic acids is 3. The molecule has 0 aliphatic carbocycles. The SMILES string of the molecule is CC(=O)c1ccccc1NC(=O)C1CCN(C(=O)c2cccs2)CC1. The summed E-state index contributed by atoms with van der Waals surface area (Å²) in [5, 5.41) is 4.76. The number of piperidine rings is 1. The molecule has 1 N–H and O–H groups in total. The molecule has 1 aromatic carbocycles. The molecule has 1 fully saturated rings. The Morgan fingerprint density at radius 3 is 2.44 bits per heavy atom. The first-order chi connectivity index (χ1) is 12.1. The lowest BCUT2D eigenvalue weighted by Gasteiger charge is -2.31. The number of nitrogens with zero attached hydrogens (tertiary/aromatic N) is 1. The van der Waals surface area contributed by atoms with Crippen molar-refractivity contribution in [2.24, 2.45) is 5.92 Å². The van der Waals surface area contributed by atoms with E-state index in [9.17, 15) is 14.4 Å². The third kappa shape index (κ3) is 3.96. The van der Waals surface area contributed by atoms with Gasteiger partial charge in [0.15, 0.2) is 5.78 Å². The average molecular weight is 356 g/mol. The standard InChI is InChI=1S/C19H20N2O3S/c1-13(22)15-5-2-3-6-16(15)20-18(23)14-8-10-21(11-9-14)19(24)17-7-4-12-25-17/h2-7,12,14H,8-11H2,1H3,(H,20,23). The van der Waals surface area contributed by atoms with E-state index < -0.39 is 0 Å². The largest absolute Gasteiger partial charge is 0.338 e. The van der Waals surface area contributed by atoms with Crippen LogP contribution < -0.4 is 5.32 Å². The predicted molar refractivity (Wildman–Crippen MR) is 98.0 cm³/mol. The number of benzene rings is 1. The van der Waals surface area contributed by atoms with E-state index in [1.54, 1.807) is 29.2 Å². The Balaban J connectivity index is 1.59. The number of hydrogen-bond donors (Lipinski definition) is 1. The zero-order chi connectivity index (χ0) is 17.8. The van der Waals surface area contributed by atoms with Gasteiger partial charge in [-0.25, -0.2) is 0 Å². The van der Waals surface area contributed by atoms with Crippen LogP contribution >= 0.6 is 11.3 Å². The predicted octanol–water partition coefficient (Wildman–Crippen LogP) is 3.44. The van der Waals surface area contributed by atoms with Crippen molar-refractivity contribution in [3.63, 3.8) is 0 Å². The van der Waals surface area contributed by atoms with Crippen molar-refractivity contribution in [1.82, 2.24) is 4.90 Å². The summed E-state index contributed by atoms with van der Waals surface area (Å²) in [5.41, 5.74) is 1.07. The number of likely N-dealkylation sites (tertiary alicyclic amines) is 1. The van der Waals surface area contributed by atoms with Crippen LogP contribution in [0.15, 0.2) is 41.8 Å². The highest BCUT2D eigenvalue weighted by Gasteiger charge is 2.28. The number of ketones is 1. The molecule has 25 heavy (non-hydrogen) atoms. The molecule has 130 valence electrons. The lowest BCUT2D eigenvalue weighted by atomic mass is 9.95. The molecule has 6 heteroatoms. The van der Waals surface area contributed by atoms with E-state index in [1.165, 1.54) is 18.3 Å². The first kappa shape index (κ1) is 17.4. The minimum absolute atomic E-state index is 0.0378. The maximum Gasteiger partial charge on any atom is 0.263 e. The molecule has 1 aromatic heterocycles. The Morgan fingerprint density at radius 2 is 1.80 bits per heavy atom. The first-order valence-corrected chi connectivity index (χ1v) is 9.18. The molecule has 0 unspecified atom stereocenters. The Bertz CT molecular complexity index is 778. The minimum atomic E-state index is -0.146. The molecule has 2 aromatic rings. The number of anilines is 1. The maximum atomic E-state index is 12.5. The topological polar surface area (TPSA) is 66.5 Å². The van der Waals surface area contributed by atoms with Gasteiger partial charge in [-0.15, -0.1) is 11.3 Å². The molecule has 0 saturated carbocycles. The fourth-order valence-corrected chi connectivity index (χ4v) is 3.73. The van der Waals surface area contributed by atoms with Gasteiger partial charge in [-0.05, 0) is 43.3 Å². The van der Waals surface area contributed by atoms with Gasteiger partial charge in [0.1, 0.15) is 0 Å². The summed E-state index contributed by atoms with van der Waals surface area (Å²) < 4.78 is 0. The van der Waals surface area contributed by atoms with Crippen molar-refractivity contribution in [2.45, 2.75) is 19.8 Å². The Labute approximate surface area is 150 Å². The van der Waals surface area contributed by atoms with Crippen molar-refractivity contribution in [3.8, 4) is 0 Å². The van der Waals surface area contributed by atoms with Crippen LogP contribution in [0.1, 0.15) is 39.8 Å². The van der Waals surface area contributed by atoms with Crippen LogP contribution in [0, 0.1) is 5.92 Å². The number of amides is 2. The molecule has 1 aliphatic heterocycles. The summed E-state index contributed by atoms with van der Waals surface area (Å²) in [6, 6.07) is 10.7. The summed E-state index contributed by atoms with van der Waals surface area (Å²) in [6.07, 6.45) is 1.26. The number of nitrogens with one attached hydrogen (secondary N) is 1. The van der Waals surface area contributed by atoms with Gasteiger partial charge in [-0.2, -0.15) is 0 Å². The second kappa shape index (κ2) is 7.61. The second-order valence-corrected chi connectivity index (χ2v) is 7.08. The number of thiophene rings is 1. The van der Waals surface area contributed by atoms with Crippen molar-refractivity contribution < 1.29 is 14.4 Å². The van der Waals surface area contributed by atoms with E-state index in [1.807, 2.05) is 17.5 Å². The summed E-state index contributed by atoms with van der Waals surface area (Å²) in [6.45, 7) is 2.63. The number of hydrogen-bond acceptors (Lipinski definition) is 4. The van der Waals surface area contributed by atoms with Gasteiger partial charge in [0.2, 0.25) is 5.91 Å². The van der Waals surface area contributed by atoms with Crippen LogP contribution in [0.3, 0.4) is 0 Å². The molecule has 5 nitrogen and oxygen atoms in total. The normalized spacial score (nSPS) is 15.0. The van der Waals surface area contributed by atoms with E-state index in [-0.39, 0.29) is 23.5 Å². The molecular formula is C19H20N2O3S. The van der Waals surface area contributed by atoms with Gasteiger partial charge in [-0.1, -0.05) is 18.2 Å². The first-order valence-electron chi connectivity index (χ1n) is 8.30. The third-order valence-electron chi connectivity index (χ3n) is 4.45. The molecule has 2 heterocycles. The van der Waals surface area contributed by atoms with Crippen LogP contribution in [0.25, 0.3) is 0 Å². The highest BCUT2D eigenvalue weighted by molar-refractivity contribution is 7.12. The lowest BCUT2D eigenvalue weighted by molar-refractivity contribution is -0.121. The van der Waals surface area contributed by atoms with Crippen molar-refractivity contribution >= 4 is 34.6 Å². The van der Waals surface area contributed by atoms with Gasteiger partial charge in [0.05, 0.1) is 10.6 Å².